The number of carbonyl (C=O) groups excluding carboxylic acids is 1. The van der Waals surface area contributed by atoms with E-state index in [9.17, 15) is 4.79 Å². The lowest BCUT2D eigenvalue weighted by Gasteiger charge is -2.34. The fourth-order valence-electron chi connectivity index (χ4n) is 1.46. The topological polar surface area (TPSA) is 38.8 Å². The van der Waals surface area contributed by atoms with Crippen molar-refractivity contribution >= 4 is 6.09 Å². The van der Waals surface area contributed by atoms with Gasteiger partial charge in [-0.15, -0.1) is 0 Å². The van der Waals surface area contributed by atoms with Crippen molar-refractivity contribution in [2.24, 2.45) is 0 Å². The van der Waals surface area contributed by atoms with Gasteiger partial charge < -0.3 is 4.74 Å². The lowest BCUT2D eigenvalue weighted by Crippen LogP contribution is -2.47. The van der Waals surface area contributed by atoms with Crippen LogP contribution in [0, 0.1) is 0 Å². The standard InChI is InChI=1S/C15H23NO3/c1-12(2)19-16(15(3,4)5)14(17)18-11-13-9-7-6-8-10-13/h6-10,12H,11H2,1-5H3. The van der Waals surface area contributed by atoms with E-state index in [1.807, 2.05) is 65.0 Å². The highest BCUT2D eigenvalue weighted by molar-refractivity contribution is 5.67. The predicted molar refractivity (Wildman–Crippen MR) is 74.4 cm³/mol. The zero-order valence-corrected chi connectivity index (χ0v) is 12.3. The second-order valence-electron chi connectivity index (χ2n) is 5.66. The smallest absolute Gasteiger partial charge is 0.434 e. The molecule has 0 aliphatic heterocycles. The molecule has 0 saturated heterocycles. The molecule has 0 heterocycles. The second kappa shape index (κ2) is 6.57. The van der Waals surface area contributed by atoms with Crippen LogP contribution in [0.2, 0.25) is 0 Å². The normalized spacial score (nSPS) is 11.5. The summed E-state index contributed by atoms with van der Waals surface area (Å²) in [5, 5.41) is 1.29. The molecule has 1 amide bonds. The van der Waals surface area contributed by atoms with Crippen LogP contribution in [0.3, 0.4) is 0 Å². The maximum absolute atomic E-state index is 12.1. The van der Waals surface area contributed by atoms with E-state index in [0.717, 1.165) is 5.56 Å². The number of nitrogens with zero attached hydrogens (tertiary/aromatic N) is 1. The first-order valence-electron chi connectivity index (χ1n) is 6.48. The number of ether oxygens (including phenoxy) is 1. The third-order valence-corrected chi connectivity index (χ3v) is 2.30. The van der Waals surface area contributed by atoms with Gasteiger partial charge in [-0.3, -0.25) is 4.84 Å². The van der Waals surface area contributed by atoms with Gasteiger partial charge >= 0.3 is 6.09 Å². The Morgan fingerprint density at radius 1 is 1.21 bits per heavy atom. The largest absolute Gasteiger partial charge is 0.443 e. The van der Waals surface area contributed by atoms with Crippen molar-refractivity contribution in [3.63, 3.8) is 0 Å². The molecule has 1 aromatic carbocycles. The predicted octanol–water partition coefficient (Wildman–Crippen LogP) is 3.76. The average Bonchev–Trinajstić information content (AvgIpc) is 2.33. The van der Waals surface area contributed by atoms with E-state index in [-0.39, 0.29) is 12.7 Å². The zero-order valence-electron chi connectivity index (χ0n) is 12.3. The molecule has 0 saturated carbocycles. The van der Waals surface area contributed by atoms with E-state index in [4.69, 9.17) is 9.57 Å². The molecule has 0 N–H and O–H groups in total. The van der Waals surface area contributed by atoms with Crippen LogP contribution in [-0.2, 0) is 16.2 Å². The minimum absolute atomic E-state index is 0.0801. The number of rotatable bonds is 4. The molecule has 4 nitrogen and oxygen atoms in total. The Morgan fingerprint density at radius 3 is 2.26 bits per heavy atom. The summed E-state index contributed by atoms with van der Waals surface area (Å²) in [5.74, 6) is 0. The lowest BCUT2D eigenvalue weighted by molar-refractivity contribution is -0.207. The van der Waals surface area contributed by atoms with E-state index in [2.05, 4.69) is 0 Å². The van der Waals surface area contributed by atoms with Crippen LogP contribution in [0.5, 0.6) is 0 Å². The molecule has 0 fully saturated rings. The number of amides is 1. The number of carbonyl (C=O) groups is 1. The second-order valence-corrected chi connectivity index (χ2v) is 5.66. The maximum Gasteiger partial charge on any atom is 0.434 e. The number of hydrogen-bond acceptors (Lipinski definition) is 3. The summed E-state index contributed by atoms with van der Waals surface area (Å²) in [4.78, 5) is 17.6. The molecule has 0 unspecified atom stereocenters. The van der Waals surface area contributed by atoms with Crippen molar-refractivity contribution in [3.05, 3.63) is 35.9 Å². The van der Waals surface area contributed by atoms with Crippen molar-refractivity contribution in [1.29, 1.82) is 0 Å². The molecule has 19 heavy (non-hydrogen) atoms. The summed E-state index contributed by atoms with van der Waals surface area (Å²) in [7, 11) is 0. The van der Waals surface area contributed by atoms with Crippen molar-refractivity contribution in [2.75, 3.05) is 0 Å². The summed E-state index contributed by atoms with van der Waals surface area (Å²) in [6.45, 7) is 9.71. The zero-order chi connectivity index (χ0) is 14.5. The lowest BCUT2D eigenvalue weighted by atomic mass is 10.1. The van der Waals surface area contributed by atoms with Gasteiger partial charge in [-0.2, -0.15) is 5.06 Å². The van der Waals surface area contributed by atoms with Crippen molar-refractivity contribution in [2.45, 2.75) is 52.9 Å². The SMILES string of the molecule is CC(C)ON(C(=O)OCc1ccccc1)C(C)(C)C. The minimum atomic E-state index is -0.468. The van der Waals surface area contributed by atoms with Crippen molar-refractivity contribution in [3.8, 4) is 0 Å². The first-order valence-corrected chi connectivity index (χ1v) is 6.48. The molecule has 0 aromatic heterocycles. The molecule has 0 aliphatic carbocycles. The Kier molecular flexibility index (Phi) is 5.36. The molecule has 4 heteroatoms. The van der Waals surface area contributed by atoms with E-state index in [1.54, 1.807) is 0 Å². The van der Waals surface area contributed by atoms with Gasteiger partial charge in [0.25, 0.3) is 0 Å². The monoisotopic (exact) mass is 265 g/mol. The Bertz CT molecular complexity index is 396. The van der Waals surface area contributed by atoms with Gasteiger partial charge in [0.15, 0.2) is 0 Å². The van der Waals surface area contributed by atoms with Crippen LogP contribution in [0.1, 0.15) is 40.2 Å². The first-order chi connectivity index (χ1) is 8.80. The van der Waals surface area contributed by atoms with E-state index in [0.29, 0.717) is 0 Å². The Balaban J connectivity index is 2.62. The molecule has 0 aliphatic rings. The highest BCUT2D eigenvalue weighted by atomic mass is 16.7. The summed E-state index contributed by atoms with van der Waals surface area (Å²) in [5.41, 5.74) is 0.507. The minimum Gasteiger partial charge on any atom is -0.443 e. The van der Waals surface area contributed by atoms with Gasteiger partial charge in [0, 0.05) is 0 Å². The van der Waals surface area contributed by atoms with Crippen molar-refractivity contribution in [1.82, 2.24) is 5.06 Å². The summed E-state index contributed by atoms with van der Waals surface area (Å²) in [6.07, 6.45) is -0.548. The first kappa shape index (κ1) is 15.5. The average molecular weight is 265 g/mol. The Morgan fingerprint density at radius 2 is 1.79 bits per heavy atom. The van der Waals surface area contributed by atoms with Crippen LogP contribution in [0.4, 0.5) is 4.79 Å². The fourth-order valence-corrected chi connectivity index (χ4v) is 1.46. The van der Waals surface area contributed by atoms with Gasteiger partial charge in [-0.25, -0.2) is 4.79 Å². The summed E-state index contributed by atoms with van der Waals surface area (Å²) < 4.78 is 5.28. The van der Waals surface area contributed by atoms with Crippen LogP contribution in [0.15, 0.2) is 30.3 Å². The van der Waals surface area contributed by atoms with Crippen LogP contribution in [-0.4, -0.2) is 22.8 Å². The van der Waals surface area contributed by atoms with Crippen molar-refractivity contribution < 1.29 is 14.4 Å². The van der Waals surface area contributed by atoms with Gasteiger partial charge in [0.1, 0.15) is 6.61 Å². The molecular weight excluding hydrogens is 242 g/mol. The van der Waals surface area contributed by atoms with E-state index in [1.165, 1.54) is 5.06 Å². The Labute approximate surface area is 115 Å². The highest BCUT2D eigenvalue weighted by Gasteiger charge is 2.30. The summed E-state index contributed by atoms with van der Waals surface area (Å²) in [6, 6.07) is 9.58. The maximum atomic E-state index is 12.1. The molecule has 1 rings (SSSR count). The van der Waals surface area contributed by atoms with E-state index >= 15 is 0 Å². The molecular formula is C15H23NO3. The van der Waals surface area contributed by atoms with Gasteiger partial charge in [0.05, 0.1) is 11.6 Å². The molecule has 0 radical (unpaired) electrons. The van der Waals surface area contributed by atoms with Crippen LogP contribution in [0.25, 0.3) is 0 Å². The van der Waals surface area contributed by atoms with Gasteiger partial charge in [-0.05, 0) is 40.2 Å². The fraction of sp³-hybridized carbons (Fsp3) is 0.533. The molecule has 0 bridgehead atoms. The van der Waals surface area contributed by atoms with Crippen LogP contribution >= 0.6 is 0 Å². The number of hydrogen-bond donors (Lipinski definition) is 0. The molecule has 0 spiro atoms. The number of hydroxylamine groups is 2. The number of benzene rings is 1. The van der Waals surface area contributed by atoms with E-state index < -0.39 is 11.6 Å². The molecule has 106 valence electrons. The van der Waals surface area contributed by atoms with Crippen LogP contribution < -0.4 is 0 Å². The quantitative estimate of drug-likeness (QED) is 0.778. The van der Waals surface area contributed by atoms with Gasteiger partial charge in [-0.1, -0.05) is 30.3 Å². The summed E-state index contributed by atoms with van der Waals surface area (Å²) >= 11 is 0. The Hall–Kier alpha value is -1.55. The van der Waals surface area contributed by atoms with Gasteiger partial charge in [0.2, 0.25) is 0 Å². The molecule has 0 atom stereocenters. The third kappa shape index (κ3) is 5.30. The molecule has 1 aromatic rings. The highest BCUT2D eigenvalue weighted by Crippen LogP contribution is 2.17. The third-order valence-electron chi connectivity index (χ3n) is 2.30.